The first-order chi connectivity index (χ1) is 7.58. The lowest BCUT2D eigenvalue weighted by molar-refractivity contribution is -0.00542. The molecule has 1 saturated heterocycles. The van der Waals surface area contributed by atoms with E-state index in [0.717, 1.165) is 0 Å². The number of nitrogens with two attached hydrogens (primary N) is 1. The van der Waals surface area contributed by atoms with E-state index in [9.17, 15) is 4.79 Å². The number of hydrogen-bond acceptors (Lipinski definition) is 5. The van der Waals surface area contributed by atoms with Gasteiger partial charge in [-0.25, -0.2) is 4.98 Å². The molecule has 0 amide bonds. The SMILES string of the molecule is CC1CN(c2nc[nH]c(=O)c2N)CC(C)O1. The number of H-pyrrole nitrogens is 1. The van der Waals surface area contributed by atoms with Crippen molar-refractivity contribution in [1.82, 2.24) is 9.97 Å². The molecule has 2 heterocycles. The summed E-state index contributed by atoms with van der Waals surface area (Å²) in [7, 11) is 0. The second-order valence-electron chi connectivity index (χ2n) is 4.13. The summed E-state index contributed by atoms with van der Waals surface area (Å²) in [5.41, 5.74) is 5.59. The summed E-state index contributed by atoms with van der Waals surface area (Å²) < 4.78 is 5.61. The maximum Gasteiger partial charge on any atom is 0.276 e. The minimum Gasteiger partial charge on any atom is -0.391 e. The molecule has 2 unspecified atom stereocenters. The normalized spacial score (nSPS) is 25.8. The minimum absolute atomic E-state index is 0.115. The molecule has 16 heavy (non-hydrogen) atoms. The highest BCUT2D eigenvalue weighted by molar-refractivity contribution is 5.61. The first-order valence-electron chi connectivity index (χ1n) is 5.31. The molecule has 2 atom stereocenters. The quantitative estimate of drug-likeness (QED) is 0.699. The lowest BCUT2D eigenvalue weighted by Gasteiger charge is -2.36. The maximum absolute atomic E-state index is 11.4. The Hall–Kier alpha value is -1.56. The van der Waals surface area contributed by atoms with E-state index in [4.69, 9.17) is 10.5 Å². The third-order valence-electron chi connectivity index (χ3n) is 2.59. The Balaban J connectivity index is 2.30. The highest BCUT2D eigenvalue weighted by Gasteiger charge is 2.24. The van der Waals surface area contributed by atoms with Crippen LogP contribution >= 0.6 is 0 Å². The summed E-state index contributed by atoms with van der Waals surface area (Å²) in [5, 5.41) is 0. The van der Waals surface area contributed by atoms with Gasteiger partial charge in [0, 0.05) is 13.1 Å². The molecule has 2 rings (SSSR count). The van der Waals surface area contributed by atoms with Crippen LogP contribution in [0.3, 0.4) is 0 Å². The molecule has 3 N–H and O–H groups in total. The fourth-order valence-electron chi connectivity index (χ4n) is 2.00. The molecule has 1 aliphatic rings. The summed E-state index contributed by atoms with van der Waals surface area (Å²) in [6.07, 6.45) is 1.60. The lowest BCUT2D eigenvalue weighted by Crippen LogP contribution is -2.46. The molecule has 0 aromatic carbocycles. The fraction of sp³-hybridized carbons (Fsp3) is 0.600. The van der Waals surface area contributed by atoms with Crippen molar-refractivity contribution in [1.29, 1.82) is 0 Å². The molecule has 1 aromatic heterocycles. The predicted molar refractivity (Wildman–Crippen MR) is 61.5 cm³/mol. The molecule has 6 heteroatoms. The number of aromatic nitrogens is 2. The zero-order chi connectivity index (χ0) is 11.7. The van der Waals surface area contributed by atoms with Crippen LogP contribution in [0.1, 0.15) is 13.8 Å². The molecule has 0 radical (unpaired) electrons. The molecule has 1 aliphatic heterocycles. The standard InChI is InChI=1S/C10H16N4O2/c1-6-3-14(4-7(2)16-6)9-8(11)10(15)13-5-12-9/h5-7H,3-4,11H2,1-2H3,(H,12,13,15). The highest BCUT2D eigenvalue weighted by atomic mass is 16.5. The van der Waals surface area contributed by atoms with Crippen molar-refractivity contribution < 1.29 is 4.74 Å². The Morgan fingerprint density at radius 3 is 2.75 bits per heavy atom. The van der Waals surface area contributed by atoms with Gasteiger partial charge in [-0.15, -0.1) is 0 Å². The number of morpholine rings is 1. The highest BCUT2D eigenvalue weighted by Crippen LogP contribution is 2.20. The van der Waals surface area contributed by atoms with Crippen molar-refractivity contribution in [3.63, 3.8) is 0 Å². The fourth-order valence-corrected chi connectivity index (χ4v) is 2.00. The summed E-state index contributed by atoms with van der Waals surface area (Å²) in [5.74, 6) is 0.547. The van der Waals surface area contributed by atoms with Crippen LogP contribution in [0.15, 0.2) is 11.1 Å². The van der Waals surface area contributed by atoms with E-state index in [1.807, 2.05) is 18.7 Å². The number of ether oxygens (including phenoxy) is 1. The third-order valence-corrected chi connectivity index (χ3v) is 2.59. The third kappa shape index (κ3) is 2.01. The summed E-state index contributed by atoms with van der Waals surface area (Å²) in [4.78, 5) is 19.9. The van der Waals surface area contributed by atoms with E-state index < -0.39 is 0 Å². The number of anilines is 2. The predicted octanol–water partition coefficient (Wildman–Crippen LogP) is -0.0343. The van der Waals surface area contributed by atoms with Crippen LogP contribution in [-0.4, -0.2) is 35.3 Å². The smallest absolute Gasteiger partial charge is 0.276 e. The Bertz CT molecular complexity index is 421. The van der Waals surface area contributed by atoms with Gasteiger partial charge in [0.15, 0.2) is 5.82 Å². The molecule has 1 fully saturated rings. The van der Waals surface area contributed by atoms with Crippen molar-refractivity contribution in [3.05, 3.63) is 16.7 Å². The van der Waals surface area contributed by atoms with Crippen molar-refractivity contribution in [3.8, 4) is 0 Å². The Labute approximate surface area is 93.4 Å². The number of hydrogen-bond donors (Lipinski definition) is 2. The second kappa shape index (κ2) is 4.13. The van der Waals surface area contributed by atoms with Gasteiger partial charge in [0.2, 0.25) is 0 Å². The average molecular weight is 224 g/mol. The number of nitrogens with one attached hydrogen (secondary N) is 1. The molecule has 0 saturated carbocycles. The van der Waals surface area contributed by atoms with Crippen molar-refractivity contribution in [2.24, 2.45) is 0 Å². The van der Waals surface area contributed by atoms with E-state index in [2.05, 4.69) is 9.97 Å². The van der Waals surface area contributed by atoms with Gasteiger partial charge >= 0.3 is 0 Å². The van der Waals surface area contributed by atoms with Gasteiger partial charge in [-0.05, 0) is 13.8 Å². The topological polar surface area (TPSA) is 84.2 Å². The van der Waals surface area contributed by atoms with Crippen LogP contribution in [0.2, 0.25) is 0 Å². The summed E-state index contributed by atoms with van der Waals surface area (Å²) >= 11 is 0. The first-order valence-corrected chi connectivity index (χ1v) is 5.31. The molecular formula is C10H16N4O2. The average Bonchev–Trinajstić information content (AvgIpc) is 2.20. The Kier molecular flexibility index (Phi) is 2.82. The molecule has 0 aliphatic carbocycles. The summed E-state index contributed by atoms with van der Waals surface area (Å²) in [6, 6.07) is 0. The lowest BCUT2D eigenvalue weighted by atomic mass is 10.2. The molecule has 0 bridgehead atoms. The van der Waals surface area contributed by atoms with Gasteiger partial charge in [0.05, 0.1) is 18.5 Å². The Morgan fingerprint density at radius 2 is 2.12 bits per heavy atom. The molecular weight excluding hydrogens is 208 g/mol. The van der Waals surface area contributed by atoms with E-state index >= 15 is 0 Å². The van der Waals surface area contributed by atoms with Crippen molar-refractivity contribution >= 4 is 11.5 Å². The van der Waals surface area contributed by atoms with Crippen LogP contribution in [0.5, 0.6) is 0 Å². The monoisotopic (exact) mass is 224 g/mol. The van der Waals surface area contributed by atoms with E-state index in [1.165, 1.54) is 6.33 Å². The first kappa shape index (κ1) is 10.9. The maximum atomic E-state index is 11.4. The minimum atomic E-state index is -0.295. The van der Waals surface area contributed by atoms with Crippen LogP contribution in [0.4, 0.5) is 11.5 Å². The second-order valence-corrected chi connectivity index (χ2v) is 4.13. The van der Waals surface area contributed by atoms with E-state index in [-0.39, 0.29) is 23.5 Å². The zero-order valence-electron chi connectivity index (χ0n) is 9.43. The van der Waals surface area contributed by atoms with Gasteiger partial charge in [0.1, 0.15) is 5.69 Å². The molecule has 6 nitrogen and oxygen atoms in total. The van der Waals surface area contributed by atoms with E-state index in [0.29, 0.717) is 18.9 Å². The number of nitrogen functional groups attached to an aromatic ring is 1. The number of rotatable bonds is 1. The van der Waals surface area contributed by atoms with Crippen molar-refractivity contribution in [2.75, 3.05) is 23.7 Å². The van der Waals surface area contributed by atoms with Crippen molar-refractivity contribution in [2.45, 2.75) is 26.1 Å². The van der Waals surface area contributed by atoms with Crippen LogP contribution < -0.4 is 16.2 Å². The molecule has 0 spiro atoms. The van der Waals surface area contributed by atoms with Gasteiger partial charge in [-0.1, -0.05) is 0 Å². The van der Waals surface area contributed by atoms with Crippen LogP contribution in [0.25, 0.3) is 0 Å². The van der Waals surface area contributed by atoms with E-state index in [1.54, 1.807) is 0 Å². The van der Waals surface area contributed by atoms with Gasteiger partial charge in [-0.3, -0.25) is 4.79 Å². The number of aromatic amines is 1. The van der Waals surface area contributed by atoms with Gasteiger partial charge in [0.25, 0.3) is 5.56 Å². The zero-order valence-corrected chi connectivity index (χ0v) is 9.43. The summed E-state index contributed by atoms with van der Waals surface area (Å²) in [6.45, 7) is 5.38. The van der Waals surface area contributed by atoms with Crippen LogP contribution in [-0.2, 0) is 4.74 Å². The number of nitrogens with zero attached hydrogens (tertiary/aromatic N) is 2. The Morgan fingerprint density at radius 1 is 1.50 bits per heavy atom. The van der Waals surface area contributed by atoms with Gasteiger partial charge in [-0.2, -0.15) is 0 Å². The van der Waals surface area contributed by atoms with Crippen LogP contribution in [0, 0.1) is 0 Å². The molecule has 88 valence electrons. The molecule has 1 aromatic rings. The van der Waals surface area contributed by atoms with Gasteiger partial charge < -0.3 is 20.4 Å². The largest absolute Gasteiger partial charge is 0.391 e.